The van der Waals surface area contributed by atoms with E-state index in [2.05, 4.69) is 21.2 Å². The van der Waals surface area contributed by atoms with Gasteiger partial charge in [-0.1, -0.05) is 19.9 Å². The summed E-state index contributed by atoms with van der Waals surface area (Å²) in [5.74, 6) is -0.967. The minimum absolute atomic E-state index is 0.232. The van der Waals surface area contributed by atoms with Crippen LogP contribution < -0.4 is 5.32 Å². The first-order valence-electron chi connectivity index (χ1n) is 5.62. The van der Waals surface area contributed by atoms with E-state index in [9.17, 15) is 9.59 Å². The van der Waals surface area contributed by atoms with E-state index in [1.54, 1.807) is 19.9 Å². The molecule has 0 aliphatic heterocycles. The van der Waals surface area contributed by atoms with E-state index in [1.807, 2.05) is 19.1 Å². The van der Waals surface area contributed by atoms with Crippen LogP contribution in [0.3, 0.4) is 0 Å². The van der Waals surface area contributed by atoms with Crippen molar-refractivity contribution < 1.29 is 14.3 Å². The summed E-state index contributed by atoms with van der Waals surface area (Å²) >= 11 is 3.36. The van der Waals surface area contributed by atoms with Crippen molar-refractivity contribution in [1.82, 2.24) is 0 Å². The van der Waals surface area contributed by atoms with E-state index in [-0.39, 0.29) is 24.4 Å². The van der Waals surface area contributed by atoms with Crippen LogP contribution in [0.4, 0.5) is 5.69 Å². The monoisotopic (exact) mass is 313 g/mol. The van der Waals surface area contributed by atoms with Crippen LogP contribution in [0.15, 0.2) is 22.7 Å². The summed E-state index contributed by atoms with van der Waals surface area (Å²) in [5, 5.41) is 2.67. The number of anilines is 1. The second kappa shape index (κ2) is 6.54. The van der Waals surface area contributed by atoms with Gasteiger partial charge in [0.1, 0.15) is 0 Å². The molecule has 0 saturated carbocycles. The number of esters is 1. The van der Waals surface area contributed by atoms with Crippen LogP contribution in [0.25, 0.3) is 0 Å². The fourth-order valence-corrected chi connectivity index (χ4v) is 1.80. The molecule has 0 unspecified atom stereocenters. The van der Waals surface area contributed by atoms with Crippen molar-refractivity contribution in [2.45, 2.75) is 20.8 Å². The molecule has 0 spiro atoms. The van der Waals surface area contributed by atoms with Crippen LogP contribution in [0.5, 0.6) is 0 Å². The van der Waals surface area contributed by atoms with E-state index in [0.29, 0.717) is 5.69 Å². The number of carbonyl (C=O) groups excluding carboxylic acids is 2. The third-order valence-electron chi connectivity index (χ3n) is 2.22. The number of benzene rings is 1. The zero-order valence-electron chi connectivity index (χ0n) is 10.6. The lowest BCUT2D eigenvalue weighted by molar-refractivity contribution is -0.150. The molecule has 0 aromatic heterocycles. The van der Waals surface area contributed by atoms with Gasteiger partial charge in [0, 0.05) is 4.47 Å². The maximum atomic E-state index is 11.6. The highest BCUT2D eigenvalue weighted by molar-refractivity contribution is 9.10. The summed E-state index contributed by atoms with van der Waals surface area (Å²) in [6.07, 6.45) is 0. The Kier molecular flexibility index (Phi) is 5.34. The Morgan fingerprint density at radius 2 is 2.06 bits per heavy atom. The van der Waals surface area contributed by atoms with Crippen molar-refractivity contribution in [1.29, 1.82) is 0 Å². The number of nitrogens with one attached hydrogen (secondary N) is 1. The van der Waals surface area contributed by atoms with E-state index < -0.39 is 0 Å². The standard InChI is InChI=1S/C13H16BrNO3/c1-8(2)13(17)18-7-12(16)15-11-5-4-9(3)6-10(11)14/h4-6,8H,7H2,1-3H3,(H,15,16). The molecular weight excluding hydrogens is 298 g/mol. The van der Waals surface area contributed by atoms with Gasteiger partial charge in [-0.05, 0) is 40.5 Å². The van der Waals surface area contributed by atoms with Crippen LogP contribution >= 0.6 is 15.9 Å². The van der Waals surface area contributed by atoms with Crippen molar-refractivity contribution in [2.75, 3.05) is 11.9 Å². The number of carbonyl (C=O) groups is 2. The van der Waals surface area contributed by atoms with Gasteiger partial charge in [-0.3, -0.25) is 9.59 Å². The number of aryl methyl sites for hydroxylation is 1. The number of ether oxygens (including phenoxy) is 1. The van der Waals surface area contributed by atoms with Crippen molar-refractivity contribution in [3.8, 4) is 0 Å². The first-order valence-corrected chi connectivity index (χ1v) is 6.42. The van der Waals surface area contributed by atoms with Gasteiger partial charge in [0.2, 0.25) is 0 Å². The molecule has 0 bridgehead atoms. The van der Waals surface area contributed by atoms with E-state index in [4.69, 9.17) is 4.74 Å². The van der Waals surface area contributed by atoms with E-state index in [1.165, 1.54) is 0 Å². The Bertz CT molecular complexity index is 458. The molecule has 1 amide bonds. The number of amides is 1. The van der Waals surface area contributed by atoms with Gasteiger partial charge in [-0.15, -0.1) is 0 Å². The number of hydrogen-bond donors (Lipinski definition) is 1. The molecule has 0 fully saturated rings. The SMILES string of the molecule is Cc1ccc(NC(=O)COC(=O)C(C)C)c(Br)c1. The van der Waals surface area contributed by atoms with Gasteiger partial charge >= 0.3 is 5.97 Å². The summed E-state index contributed by atoms with van der Waals surface area (Å²) in [7, 11) is 0. The predicted octanol–water partition coefficient (Wildman–Crippen LogP) is 2.90. The molecule has 0 radical (unpaired) electrons. The first kappa shape index (κ1) is 14.7. The van der Waals surface area contributed by atoms with Crippen LogP contribution in [0.2, 0.25) is 0 Å². The van der Waals surface area contributed by atoms with Crippen molar-refractivity contribution in [3.63, 3.8) is 0 Å². The van der Waals surface area contributed by atoms with Gasteiger partial charge < -0.3 is 10.1 Å². The molecule has 98 valence electrons. The summed E-state index contributed by atoms with van der Waals surface area (Å²) in [5.41, 5.74) is 1.75. The number of halogens is 1. The fraction of sp³-hybridized carbons (Fsp3) is 0.385. The predicted molar refractivity (Wildman–Crippen MR) is 73.3 cm³/mol. The van der Waals surface area contributed by atoms with E-state index in [0.717, 1.165) is 10.0 Å². The Balaban J connectivity index is 2.52. The van der Waals surface area contributed by atoms with Crippen LogP contribution in [-0.2, 0) is 14.3 Å². The second-order valence-electron chi connectivity index (χ2n) is 4.29. The van der Waals surface area contributed by atoms with Gasteiger partial charge in [0.05, 0.1) is 11.6 Å². The highest BCUT2D eigenvalue weighted by Crippen LogP contribution is 2.23. The van der Waals surface area contributed by atoms with Crippen LogP contribution in [-0.4, -0.2) is 18.5 Å². The lowest BCUT2D eigenvalue weighted by Gasteiger charge is -2.09. The van der Waals surface area contributed by atoms with Gasteiger partial charge in [0.15, 0.2) is 6.61 Å². The number of rotatable bonds is 4. The van der Waals surface area contributed by atoms with Crippen molar-refractivity contribution >= 4 is 33.5 Å². The minimum Gasteiger partial charge on any atom is -0.455 e. The summed E-state index contributed by atoms with van der Waals surface area (Å²) in [6, 6.07) is 5.58. The molecule has 4 nitrogen and oxygen atoms in total. The van der Waals surface area contributed by atoms with Gasteiger partial charge in [-0.25, -0.2) is 0 Å². The quantitative estimate of drug-likeness (QED) is 0.870. The highest BCUT2D eigenvalue weighted by atomic mass is 79.9. The minimum atomic E-state index is -0.381. The zero-order valence-corrected chi connectivity index (χ0v) is 12.2. The van der Waals surface area contributed by atoms with Crippen molar-refractivity contribution in [2.24, 2.45) is 5.92 Å². The third-order valence-corrected chi connectivity index (χ3v) is 2.87. The second-order valence-corrected chi connectivity index (χ2v) is 5.15. The molecule has 0 saturated heterocycles. The molecule has 18 heavy (non-hydrogen) atoms. The Morgan fingerprint density at radius 1 is 1.39 bits per heavy atom. The normalized spacial score (nSPS) is 10.3. The first-order chi connectivity index (χ1) is 8.40. The summed E-state index contributed by atoms with van der Waals surface area (Å²) < 4.78 is 5.63. The maximum Gasteiger partial charge on any atom is 0.308 e. The topological polar surface area (TPSA) is 55.4 Å². The lowest BCUT2D eigenvalue weighted by Crippen LogP contribution is -2.23. The zero-order chi connectivity index (χ0) is 13.7. The molecular formula is C13H16BrNO3. The molecule has 1 aromatic carbocycles. The Labute approximate surface area is 115 Å². The Hall–Kier alpha value is -1.36. The molecule has 1 N–H and O–H groups in total. The number of hydrogen-bond acceptors (Lipinski definition) is 3. The smallest absolute Gasteiger partial charge is 0.308 e. The van der Waals surface area contributed by atoms with Gasteiger partial charge in [-0.2, -0.15) is 0 Å². The van der Waals surface area contributed by atoms with Gasteiger partial charge in [0.25, 0.3) is 5.91 Å². The average Bonchev–Trinajstić information content (AvgIpc) is 2.29. The average molecular weight is 314 g/mol. The molecule has 0 aliphatic rings. The highest BCUT2D eigenvalue weighted by Gasteiger charge is 2.12. The third kappa shape index (κ3) is 4.49. The maximum absolute atomic E-state index is 11.6. The van der Waals surface area contributed by atoms with Crippen LogP contribution in [0.1, 0.15) is 19.4 Å². The summed E-state index contributed by atoms with van der Waals surface area (Å²) in [6.45, 7) is 5.13. The molecule has 1 aromatic rings. The molecule has 0 atom stereocenters. The largest absolute Gasteiger partial charge is 0.455 e. The van der Waals surface area contributed by atoms with Crippen molar-refractivity contribution in [3.05, 3.63) is 28.2 Å². The van der Waals surface area contributed by atoms with Crippen LogP contribution in [0, 0.1) is 12.8 Å². The fourth-order valence-electron chi connectivity index (χ4n) is 1.21. The molecule has 1 rings (SSSR count). The Morgan fingerprint density at radius 3 is 2.61 bits per heavy atom. The molecule has 0 heterocycles. The molecule has 5 heteroatoms. The summed E-state index contributed by atoms with van der Waals surface area (Å²) in [4.78, 5) is 22.8. The lowest BCUT2D eigenvalue weighted by atomic mass is 10.2. The van der Waals surface area contributed by atoms with E-state index >= 15 is 0 Å². The molecule has 0 aliphatic carbocycles.